The minimum absolute atomic E-state index is 0.0653. The molecule has 0 fully saturated rings. The number of carboxylic acids is 1. The van der Waals surface area contributed by atoms with Crippen LogP contribution in [0, 0.1) is 5.92 Å². The van der Waals surface area contributed by atoms with E-state index in [2.05, 4.69) is 33.9 Å². The van der Waals surface area contributed by atoms with Gasteiger partial charge >= 0.3 is 12.1 Å². The Bertz CT molecular complexity index is 1010. The van der Waals surface area contributed by atoms with E-state index in [0.717, 1.165) is 11.1 Å². The van der Waals surface area contributed by atoms with E-state index in [9.17, 15) is 14.7 Å². The molecule has 38 heavy (non-hydrogen) atoms. The minimum Gasteiger partial charge on any atom is -0.481 e. The molecular formula is C31H47NO5Si. The van der Waals surface area contributed by atoms with E-state index >= 15 is 0 Å². The number of nitrogens with zero attached hydrogens (tertiary/aromatic N) is 1. The van der Waals surface area contributed by atoms with Crippen molar-refractivity contribution in [2.24, 2.45) is 5.92 Å². The summed E-state index contributed by atoms with van der Waals surface area (Å²) in [5.74, 6) is -1.49. The highest BCUT2D eigenvalue weighted by Gasteiger charge is 2.41. The molecular weight excluding hydrogens is 494 g/mol. The van der Waals surface area contributed by atoms with Gasteiger partial charge in [0.1, 0.15) is 5.60 Å². The molecule has 0 bridgehead atoms. The second-order valence-electron chi connectivity index (χ2n) is 12.6. The summed E-state index contributed by atoms with van der Waals surface area (Å²) in [6, 6.07) is 19.7. The predicted molar refractivity (Wildman–Crippen MR) is 156 cm³/mol. The van der Waals surface area contributed by atoms with Gasteiger partial charge in [-0.15, -0.1) is 0 Å². The number of carbonyl (C=O) groups is 2. The second kappa shape index (κ2) is 13.4. The molecule has 2 rings (SSSR count). The van der Waals surface area contributed by atoms with Gasteiger partial charge in [0.15, 0.2) is 8.32 Å². The molecule has 0 heterocycles. The Hall–Kier alpha value is -2.64. The fourth-order valence-electron chi connectivity index (χ4n) is 3.98. The normalized spacial score (nSPS) is 14.0. The SMILES string of the molecule is CC(C)(C)OC(=O)N(CCc1ccccc1)CC(C[C@@H](Cc1ccccc1)C(=O)O)O[Si](C)(C)C(C)(C)C. The van der Waals surface area contributed by atoms with E-state index in [1.807, 2.05) is 81.4 Å². The van der Waals surface area contributed by atoms with Crippen LogP contribution in [0.2, 0.25) is 18.1 Å². The smallest absolute Gasteiger partial charge is 0.410 e. The summed E-state index contributed by atoms with van der Waals surface area (Å²) in [7, 11) is -2.27. The first-order chi connectivity index (χ1) is 17.6. The lowest BCUT2D eigenvalue weighted by atomic mass is 9.93. The molecule has 1 unspecified atom stereocenters. The van der Waals surface area contributed by atoms with Gasteiger partial charge in [0, 0.05) is 13.1 Å². The van der Waals surface area contributed by atoms with Gasteiger partial charge in [-0.1, -0.05) is 81.4 Å². The van der Waals surface area contributed by atoms with Gasteiger partial charge in [-0.05, 0) is 69.3 Å². The van der Waals surface area contributed by atoms with Crippen molar-refractivity contribution in [3.63, 3.8) is 0 Å². The van der Waals surface area contributed by atoms with Crippen LogP contribution in [0.5, 0.6) is 0 Å². The molecule has 1 N–H and O–H groups in total. The van der Waals surface area contributed by atoms with Gasteiger partial charge in [-0.25, -0.2) is 4.79 Å². The molecule has 7 heteroatoms. The molecule has 0 saturated carbocycles. The standard InChI is InChI=1S/C31H47NO5Si/c1-30(2,3)36-29(35)32(20-19-24-15-11-9-12-16-24)23-27(37-38(7,8)31(4,5)6)22-26(28(33)34)21-25-17-13-10-14-18-25/h9-18,26-27H,19-23H2,1-8H3,(H,33,34)/t26-,27?/m1/s1. The number of hydrogen-bond donors (Lipinski definition) is 1. The van der Waals surface area contributed by atoms with Gasteiger partial charge in [0.25, 0.3) is 0 Å². The second-order valence-corrected chi connectivity index (χ2v) is 17.4. The summed E-state index contributed by atoms with van der Waals surface area (Å²) in [4.78, 5) is 27.4. The van der Waals surface area contributed by atoms with Crippen molar-refractivity contribution in [3.8, 4) is 0 Å². The monoisotopic (exact) mass is 541 g/mol. The van der Waals surface area contributed by atoms with Crippen molar-refractivity contribution in [2.45, 2.75) is 90.6 Å². The number of carbonyl (C=O) groups excluding carboxylic acids is 1. The van der Waals surface area contributed by atoms with Crippen LogP contribution in [0.3, 0.4) is 0 Å². The number of rotatable bonds is 12. The summed E-state index contributed by atoms with van der Waals surface area (Å²) in [6.45, 7) is 17.1. The number of amides is 1. The Morgan fingerprint density at radius 1 is 0.895 bits per heavy atom. The van der Waals surface area contributed by atoms with Crippen LogP contribution >= 0.6 is 0 Å². The maximum atomic E-state index is 13.3. The van der Waals surface area contributed by atoms with Gasteiger partial charge in [0.05, 0.1) is 12.0 Å². The van der Waals surface area contributed by atoms with Crippen LogP contribution in [-0.2, 0) is 26.8 Å². The summed E-state index contributed by atoms with van der Waals surface area (Å²) >= 11 is 0. The van der Waals surface area contributed by atoms with Crippen molar-refractivity contribution in [1.29, 1.82) is 0 Å². The molecule has 0 aliphatic rings. The number of aliphatic carboxylic acids is 1. The molecule has 0 saturated heterocycles. The first-order valence-corrected chi connectivity index (χ1v) is 16.4. The largest absolute Gasteiger partial charge is 0.481 e. The molecule has 0 aliphatic carbocycles. The van der Waals surface area contributed by atoms with Crippen molar-refractivity contribution in [2.75, 3.05) is 13.1 Å². The third-order valence-electron chi connectivity index (χ3n) is 7.08. The lowest BCUT2D eigenvalue weighted by Gasteiger charge is -2.41. The summed E-state index contributed by atoms with van der Waals surface area (Å²) in [5.41, 5.74) is 1.45. The summed E-state index contributed by atoms with van der Waals surface area (Å²) in [5, 5.41) is 10.1. The summed E-state index contributed by atoms with van der Waals surface area (Å²) < 4.78 is 12.6. The fourth-order valence-corrected chi connectivity index (χ4v) is 5.34. The van der Waals surface area contributed by atoms with E-state index < -0.39 is 38.0 Å². The van der Waals surface area contributed by atoms with Crippen LogP contribution in [0.4, 0.5) is 4.79 Å². The van der Waals surface area contributed by atoms with Crippen LogP contribution in [0.25, 0.3) is 0 Å². The van der Waals surface area contributed by atoms with Crippen LogP contribution in [0.1, 0.15) is 59.1 Å². The molecule has 1 amide bonds. The Labute approximate surface area is 230 Å². The Morgan fingerprint density at radius 2 is 1.42 bits per heavy atom. The minimum atomic E-state index is -2.27. The van der Waals surface area contributed by atoms with Crippen molar-refractivity contribution in [1.82, 2.24) is 4.90 Å². The van der Waals surface area contributed by atoms with Gasteiger partial charge < -0.3 is 19.2 Å². The maximum absolute atomic E-state index is 13.3. The Balaban J connectivity index is 2.35. The van der Waals surface area contributed by atoms with Gasteiger partial charge in [-0.3, -0.25) is 4.79 Å². The molecule has 2 aromatic rings. The molecule has 0 radical (unpaired) electrons. The van der Waals surface area contributed by atoms with Crippen molar-refractivity contribution in [3.05, 3.63) is 71.8 Å². The average molecular weight is 542 g/mol. The lowest BCUT2D eigenvalue weighted by Crippen LogP contribution is -2.50. The molecule has 0 aliphatic heterocycles. The topological polar surface area (TPSA) is 76.1 Å². The molecule has 2 atom stereocenters. The van der Waals surface area contributed by atoms with Gasteiger partial charge in [0.2, 0.25) is 0 Å². The van der Waals surface area contributed by atoms with Gasteiger partial charge in [-0.2, -0.15) is 0 Å². The van der Waals surface area contributed by atoms with E-state index in [4.69, 9.17) is 9.16 Å². The number of carboxylic acid groups (broad SMARTS) is 1. The number of benzene rings is 2. The van der Waals surface area contributed by atoms with Crippen LogP contribution in [0.15, 0.2) is 60.7 Å². The van der Waals surface area contributed by atoms with Crippen molar-refractivity contribution < 1.29 is 23.9 Å². The number of hydrogen-bond acceptors (Lipinski definition) is 4. The zero-order valence-corrected chi connectivity index (χ0v) is 25.5. The molecule has 0 spiro atoms. The van der Waals surface area contributed by atoms with E-state index in [1.165, 1.54) is 0 Å². The molecule has 0 aromatic heterocycles. The lowest BCUT2D eigenvalue weighted by molar-refractivity contribution is -0.142. The van der Waals surface area contributed by atoms with Crippen LogP contribution < -0.4 is 0 Å². The highest BCUT2D eigenvalue weighted by Crippen LogP contribution is 2.38. The quantitative estimate of drug-likeness (QED) is 0.288. The maximum Gasteiger partial charge on any atom is 0.410 e. The molecule has 2 aromatic carbocycles. The Kier molecular flexibility index (Phi) is 11.2. The first-order valence-electron chi connectivity index (χ1n) is 13.5. The number of ether oxygens (including phenoxy) is 1. The van der Waals surface area contributed by atoms with E-state index in [1.54, 1.807) is 4.90 Å². The third-order valence-corrected chi connectivity index (χ3v) is 11.6. The highest BCUT2D eigenvalue weighted by atomic mass is 28.4. The predicted octanol–water partition coefficient (Wildman–Crippen LogP) is 7.19. The molecule has 6 nitrogen and oxygen atoms in total. The Morgan fingerprint density at radius 3 is 1.89 bits per heavy atom. The first kappa shape index (κ1) is 31.6. The van der Waals surface area contributed by atoms with Crippen molar-refractivity contribution >= 4 is 20.4 Å². The van der Waals surface area contributed by atoms with E-state index in [-0.39, 0.29) is 11.6 Å². The third kappa shape index (κ3) is 10.6. The zero-order valence-electron chi connectivity index (χ0n) is 24.5. The average Bonchev–Trinajstić information content (AvgIpc) is 2.80. The highest BCUT2D eigenvalue weighted by molar-refractivity contribution is 6.74. The fraction of sp³-hybridized carbons (Fsp3) is 0.548. The summed E-state index contributed by atoms with van der Waals surface area (Å²) in [6.07, 6.45) is 0.529. The van der Waals surface area contributed by atoms with E-state index in [0.29, 0.717) is 25.8 Å². The molecule has 210 valence electrons. The zero-order chi connectivity index (χ0) is 28.6. The van der Waals surface area contributed by atoms with Crippen LogP contribution in [-0.4, -0.2) is 55.2 Å².